The van der Waals surface area contributed by atoms with Gasteiger partial charge in [0.25, 0.3) is 0 Å². The van der Waals surface area contributed by atoms with Gasteiger partial charge in [-0.15, -0.1) is 11.8 Å². The molecule has 2 aromatic rings. The lowest BCUT2D eigenvalue weighted by Gasteiger charge is -2.42. The molecule has 2 amide bonds. The molecule has 26 heavy (non-hydrogen) atoms. The van der Waals surface area contributed by atoms with Crippen molar-refractivity contribution in [2.75, 3.05) is 11.9 Å². The van der Waals surface area contributed by atoms with Crippen LogP contribution in [0.25, 0.3) is 0 Å². The number of hydrogen-bond acceptors (Lipinski definition) is 3. The largest absolute Gasteiger partial charge is 0.355 e. The average molecular weight is 366 g/mol. The number of amides is 2. The lowest BCUT2D eigenvalue weighted by molar-refractivity contribution is -0.124. The van der Waals surface area contributed by atoms with Crippen molar-refractivity contribution in [3.05, 3.63) is 60.2 Å². The molecule has 1 atom stereocenters. The maximum atomic E-state index is 12.5. The van der Waals surface area contributed by atoms with Gasteiger partial charge in [0.1, 0.15) is 0 Å². The number of nitrogens with one attached hydrogen (secondary N) is 2. The number of hydrogen-bond donors (Lipinski definition) is 2. The Hall–Kier alpha value is -2.27. The molecule has 5 heteroatoms. The monoisotopic (exact) mass is 366 g/mol. The van der Waals surface area contributed by atoms with Crippen molar-refractivity contribution in [1.82, 2.24) is 5.32 Å². The third-order valence-electron chi connectivity index (χ3n) is 5.40. The van der Waals surface area contributed by atoms with Crippen molar-refractivity contribution in [2.24, 2.45) is 0 Å². The fourth-order valence-corrected chi connectivity index (χ4v) is 4.81. The molecule has 0 aromatic heterocycles. The summed E-state index contributed by atoms with van der Waals surface area (Å²) in [5.74, 6) is -0.149. The van der Waals surface area contributed by atoms with Crippen LogP contribution in [0.15, 0.2) is 59.5 Å². The van der Waals surface area contributed by atoms with Crippen LogP contribution in [-0.4, -0.2) is 23.6 Å². The summed E-state index contributed by atoms with van der Waals surface area (Å²) in [5.41, 5.74) is 2.19. The van der Waals surface area contributed by atoms with Crippen molar-refractivity contribution in [1.29, 1.82) is 0 Å². The van der Waals surface area contributed by atoms with Crippen molar-refractivity contribution in [3.63, 3.8) is 0 Å². The molecule has 134 valence electrons. The molecule has 1 aliphatic heterocycles. The number of para-hydroxylation sites is 1. The first-order chi connectivity index (χ1) is 12.7. The lowest BCUT2D eigenvalue weighted by Crippen LogP contribution is -2.46. The summed E-state index contributed by atoms with van der Waals surface area (Å²) in [4.78, 5) is 25.8. The van der Waals surface area contributed by atoms with Gasteiger partial charge in [0.05, 0.1) is 10.9 Å². The highest BCUT2D eigenvalue weighted by Gasteiger charge is 2.39. The van der Waals surface area contributed by atoms with E-state index >= 15 is 0 Å². The topological polar surface area (TPSA) is 58.2 Å². The molecule has 0 spiro atoms. The van der Waals surface area contributed by atoms with Gasteiger partial charge in [-0.1, -0.05) is 48.9 Å². The predicted octanol–water partition coefficient (Wildman–Crippen LogP) is 3.73. The first kappa shape index (κ1) is 17.2. The Morgan fingerprint density at radius 3 is 2.58 bits per heavy atom. The van der Waals surface area contributed by atoms with Crippen molar-refractivity contribution >= 4 is 29.3 Å². The van der Waals surface area contributed by atoms with Crippen LogP contribution in [0.1, 0.15) is 31.2 Å². The third-order valence-corrected chi connectivity index (χ3v) is 6.67. The average Bonchev–Trinajstić information content (AvgIpc) is 2.62. The van der Waals surface area contributed by atoms with Crippen LogP contribution in [0.4, 0.5) is 5.69 Å². The van der Waals surface area contributed by atoms with Crippen LogP contribution in [0.5, 0.6) is 0 Å². The van der Waals surface area contributed by atoms with Crippen LogP contribution in [0.3, 0.4) is 0 Å². The first-order valence-corrected chi connectivity index (χ1v) is 9.93. The Kier molecular flexibility index (Phi) is 4.72. The molecule has 2 N–H and O–H groups in total. The zero-order chi connectivity index (χ0) is 18.0. The second-order valence-electron chi connectivity index (χ2n) is 7.07. The molecule has 4 rings (SSSR count). The fraction of sp³-hybridized carbons (Fsp3) is 0.333. The molecule has 2 aliphatic rings. The van der Waals surface area contributed by atoms with E-state index in [0.717, 1.165) is 23.4 Å². The molecule has 1 saturated carbocycles. The van der Waals surface area contributed by atoms with E-state index in [1.807, 2.05) is 30.3 Å². The molecule has 1 aliphatic carbocycles. The highest BCUT2D eigenvalue weighted by atomic mass is 32.2. The summed E-state index contributed by atoms with van der Waals surface area (Å²) in [6.07, 6.45) is 3.60. The normalized spacial score (nSPS) is 20.5. The van der Waals surface area contributed by atoms with Gasteiger partial charge in [-0.05, 0) is 30.5 Å². The number of benzene rings is 2. The van der Waals surface area contributed by atoms with E-state index in [0.29, 0.717) is 6.54 Å². The standard InChI is InChI=1S/C21H22N2O2S/c24-19(13-18-20(25)23-16-9-4-5-10-17(16)26-18)22-14-21(11-6-12-21)15-7-2-1-3-8-15/h1-5,7-10,18H,6,11-14H2,(H,22,24)(H,23,25)/t18-/m0/s1. The van der Waals surface area contributed by atoms with E-state index < -0.39 is 0 Å². The van der Waals surface area contributed by atoms with E-state index in [-0.39, 0.29) is 28.9 Å². The van der Waals surface area contributed by atoms with Gasteiger partial charge in [0, 0.05) is 23.3 Å². The predicted molar refractivity (Wildman–Crippen MR) is 104 cm³/mol. The summed E-state index contributed by atoms with van der Waals surface area (Å²) in [5, 5.41) is 5.60. The smallest absolute Gasteiger partial charge is 0.238 e. The quantitative estimate of drug-likeness (QED) is 0.848. The third kappa shape index (κ3) is 3.36. The van der Waals surface area contributed by atoms with E-state index in [1.165, 1.54) is 23.7 Å². The molecule has 1 fully saturated rings. The van der Waals surface area contributed by atoms with Crippen molar-refractivity contribution in [3.8, 4) is 0 Å². The van der Waals surface area contributed by atoms with Gasteiger partial charge in [0.15, 0.2) is 0 Å². The summed E-state index contributed by atoms with van der Waals surface area (Å²) in [7, 11) is 0. The first-order valence-electron chi connectivity index (χ1n) is 9.05. The number of anilines is 1. The van der Waals surface area contributed by atoms with Crippen LogP contribution in [0, 0.1) is 0 Å². The molecule has 1 heterocycles. The Labute approximate surface area is 157 Å². The molecule has 0 unspecified atom stereocenters. The Morgan fingerprint density at radius 1 is 1.12 bits per heavy atom. The number of carbonyl (C=O) groups excluding carboxylic acids is 2. The van der Waals surface area contributed by atoms with Crippen LogP contribution in [0.2, 0.25) is 0 Å². The number of carbonyl (C=O) groups is 2. The molecule has 2 aromatic carbocycles. The lowest BCUT2D eigenvalue weighted by atomic mass is 9.64. The highest BCUT2D eigenvalue weighted by Crippen LogP contribution is 2.43. The van der Waals surface area contributed by atoms with Gasteiger partial charge in [-0.3, -0.25) is 9.59 Å². The fourth-order valence-electron chi connectivity index (χ4n) is 3.70. The highest BCUT2D eigenvalue weighted by molar-refractivity contribution is 8.01. The number of thioether (sulfide) groups is 1. The van der Waals surface area contributed by atoms with Gasteiger partial charge in [0.2, 0.25) is 11.8 Å². The SMILES string of the molecule is O=C(C[C@@H]1Sc2ccccc2NC1=O)NCC1(c2ccccc2)CCC1. The molecule has 0 radical (unpaired) electrons. The van der Waals surface area contributed by atoms with Gasteiger partial charge >= 0.3 is 0 Å². The van der Waals surface area contributed by atoms with Crippen LogP contribution >= 0.6 is 11.8 Å². The molecular weight excluding hydrogens is 344 g/mol. The van der Waals surface area contributed by atoms with E-state index in [2.05, 4.69) is 34.9 Å². The van der Waals surface area contributed by atoms with Gasteiger partial charge in [-0.2, -0.15) is 0 Å². The second-order valence-corrected chi connectivity index (χ2v) is 8.32. The van der Waals surface area contributed by atoms with Gasteiger partial charge < -0.3 is 10.6 Å². The minimum absolute atomic E-state index is 0.0563. The maximum Gasteiger partial charge on any atom is 0.238 e. The minimum atomic E-state index is -0.376. The summed E-state index contributed by atoms with van der Waals surface area (Å²) < 4.78 is 0. The minimum Gasteiger partial charge on any atom is -0.355 e. The Bertz CT molecular complexity index is 818. The van der Waals surface area contributed by atoms with Crippen LogP contribution in [-0.2, 0) is 15.0 Å². The second kappa shape index (κ2) is 7.16. The van der Waals surface area contributed by atoms with E-state index in [4.69, 9.17) is 0 Å². The zero-order valence-electron chi connectivity index (χ0n) is 14.5. The van der Waals surface area contributed by atoms with Crippen molar-refractivity contribution in [2.45, 2.75) is 41.2 Å². The van der Waals surface area contributed by atoms with Crippen LogP contribution < -0.4 is 10.6 Å². The number of rotatable bonds is 5. The Morgan fingerprint density at radius 2 is 1.85 bits per heavy atom. The molecule has 0 bridgehead atoms. The zero-order valence-corrected chi connectivity index (χ0v) is 15.4. The van der Waals surface area contributed by atoms with Crippen molar-refractivity contribution < 1.29 is 9.59 Å². The molecule has 4 nitrogen and oxygen atoms in total. The maximum absolute atomic E-state index is 12.5. The molecular formula is C21H22N2O2S. The Balaban J connectivity index is 1.37. The van der Waals surface area contributed by atoms with Gasteiger partial charge in [-0.25, -0.2) is 0 Å². The summed E-state index contributed by atoms with van der Waals surface area (Å²) >= 11 is 1.47. The van der Waals surface area contributed by atoms with E-state index in [9.17, 15) is 9.59 Å². The number of fused-ring (bicyclic) bond motifs is 1. The summed E-state index contributed by atoms with van der Waals surface area (Å²) in [6, 6.07) is 18.1. The van der Waals surface area contributed by atoms with E-state index in [1.54, 1.807) is 0 Å². The summed E-state index contributed by atoms with van der Waals surface area (Å²) in [6.45, 7) is 0.644. The molecule has 0 saturated heterocycles.